The van der Waals surface area contributed by atoms with Crippen LogP contribution in [-0.2, 0) is 9.68 Å². The maximum absolute atomic E-state index is 10.3. The number of rotatable bonds is 5. The first kappa shape index (κ1) is 15.4. The number of anilines is 1. The number of hydrogen-bond acceptors (Lipinski definition) is 5. The van der Waals surface area contributed by atoms with Gasteiger partial charge in [0.25, 0.3) is 0 Å². The van der Waals surface area contributed by atoms with Crippen molar-refractivity contribution in [3.05, 3.63) is 41.4 Å². The molecule has 0 unspecified atom stereocenters. The highest BCUT2D eigenvalue weighted by atomic mass is 35.5. The summed E-state index contributed by atoms with van der Waals surface area (Å²) < 4.78 is 5.30. The van der Waals surface area contributed by atoms with E-state index in [1.807, 2.05) is 0 Å². The number of phenolic OH excluding ortho intramolecular Hbond substituents is 1. The molecule has 0 atom stereocenters. The van der Waals surface area contributed by atoms with E-state index in [0.29, 0.717) is 27.6 Å². The molecule has 0 spiro atoms. The number of ether oxygens (including phenoxy) is 1. The second-order valence-electron chi connectivity index (χ2n) is 4.17. The normalized spacial score (nSPS) is 10.5. The first-order chi connectivity index (χ1) is 10.1. The van der Waals surface area contributed by atoms with Crippen molar-refractivity contribution in [2.75, 3.05) is 26.6 Å². The van der Waals surface area contributed by atoms with Crippen LogP contribution < -0.4 is 9.96 Å². The van der Waals surface area contributed by atoms with Crippen LogP contribution in [0.25, 0.3) is 11.1 Å². The van der Waals surface area contributed by atoms with E-state index in [2.05, 4.69) is 0 Å². The minimum Gasteiger partial charge on any atom is -0.507 e. The molecule has 2 aromatic carbocycles. The lowest BCUT2D eigenvalue weighted by Crippen LogP contribution is -2.19. The fourth-order valence-corrected chi connectivity index (χ4v) is 2.21. The molecule has 112 valence electrons. The van der Waals surface area contributed by atoms with Crippen LogP contribution in [0.4, 0.5) is 5.69 Å². The minimum atomic E-state index is 0.0622. The molecule has 0 aliphatic carbocycles. The van der Waals surface area contributed by atoms with Gasteiger partial charge < -0.3 is 9.84 Å². The summed E-state index contributed by atoms with van der Waals surface area (Å²) in [6.45, 7) is 0. The average molecular weight is 310 g/mol. The van der Waals surface area contributed by atoms with Gasteiger partial charge in [-0.25, -0.2) is 0 Å². The minimum absolute atomic E-state index is 0.0622. The number of nitrogens with zero attached hydrogens (tertiary/aromatic N) is 1. The molecule has 2 rings (SSSR count). The molecule has 0 aliphatic rings. The highest BCUT2D eigenvalue weighted by Crippen LogP contribution is 2.39. The monoisotopic (exact) mass is 309 g/mol. The van der Waals surface area contributed by atoms with Crippen molar-refractivity contribution in [3.8, 4) is 22.6 Å². The second kappa shape index (κ2) is 6.67. The topological polar surface area (TPSA) is 51.2 Å². The molecule has 1 N–H and O–H groups in total. The van der Waals surface area contributed by atoms with E-state index in [-0.39, 0.29) is 5.75 Å². The lowest BCUT2D eigenvalue weighted by atomic mass is 10.0. The Kier molecular flexibility index (Phi) is 4.90. The average Bonchev–Trinajstić information content (AvgIpc) is 2.48. The Balaban J connectivity index is 2.49. The molecule has 0 aromatic heterocycles. The van der Waals surface area contributed by atoms with Crippen molar-refractivity contribution in [1.82, 2.24) is 0 Å². The van der Waals surface area contributed by atoms with Gasteiger partial charge in [0.2, 0.25) is 0 Å². The quantitative estimate of drug-likeness (QED) is 0.854. The summed E-state index contributed by atoms with van der Waals surface area (Å²) in [7, 11) is 4.50. The van der Waals surface area contributed by atoms with Gasteiger partial charge in [0, 0.05) is 22.2 Å². The smallest absolute Gasteiger partial charge is 0.126 e. The number of aromatic hydroxyl groups is 1. The van der Waals surface area contributed by atoms with Crippen molar-refractivity contribution in [2.45, 2.75) is 0 Å². The molecular formula is C15H16ClNO4. The lowest BCUT2D eigenvalue weighted by Gasteiger charge is -2.19. The predicted molar refractivity (Wildman–Crippen MR) is 81.6 cm³/mol. The van der Waals surface area contributed by atoms with E-state index in [1.165, 1.54) is 25.5 Å². The predicted octanol–water partition coefficient (Wildman–Crippen LogP) is 3.65. The standard InChI is InChI=1S/C15H16ClNO4/c1-19-15-7-4-10(16)8-13(15)12-6-5-11(9-14(12)18)17(20-2)21-3/h4-9,18H,1-3H3. The Morgan fingerprint density at radius 2 is 1.67 bits per heavy atom. The SMILES string of the molecule is COc1ccc(Cl)cc1-c1ccc(N(OC)OC)cc1O. The molecule has 0 fully saturated rings. The van der Waals surface area contributed by atoms with Gasteiger partial charge in [-0.15, -0.1) is 5.23 Å². The third kappa shape index (κ3) is 3.21. The van der Waals surface area contributed by atoms with Gasteiger partial charge in [-0.05, 0) is 30.3 Å². The third-order valence-corrected chi connectivity index (χ3v) is 3.21. The van der Waals surface area contributed by atoms with Gasteiger partial charge in [0.15, 0.2) is 0 Å². The number of hydrogen-bond donors (Lipinski definition) is 1. The van der Waals surface area contributed by atoms with Gasteiger partial charge in [-0.1, -0.05) is 11.6 Å². The van der Waals surface area contributed by atoms with Gasteiger partial charge in [0.05, 0.1) is 27.0 Å². The maximum atomic E-state index is 10.3. The van der Waals surface area contributed by atoms with Crippen LogP contribution in [0.2, 0.25) is 5.02 Å². The Hall–Kier alpha value is -1.95. The van der Waals surface area contributed by atoms with Crippen molar-refractivity contribution in [3.63, 3.8) is 0 Å². The molecule has 0 saturated carbocycles. The van der Waals surface area contributed by atoms with Crippen molar-refractivity contribution in [2.24, 2.45) is 0 Å². The molecular weight excluding hydrogens is 294 g/mol. The van der Waals surface area contributed by atoms with E-state index in [1.54, 1.807) is 37.4 Å². The van der Waals surface area contributed by atoms with Gasteiger partial charge in [-0.3, -0.25) is 9.68 Å². The summed E-state index contributed by atoms with van der Waals surface area (Å²) in [4.78, 5) is 10.0. The Morgan fingerprint density at radius 1 is 0.952 bits per heavy atom. The highest BCUT2D eigenvalue weighted by Gasteiger charge is 2.14. The highest BCUT2D eigenvalue weighted by molar-refractivity contribution is 6.31. The van der Waals surface area contributed by atoms with Crippen LogP contribution in [0, 0.1) is 0 Å². The van der Waals surface area contributed by atoms with E-state index in [0.717, 1.165) is 0 Å². The van der Waals surface area contributed by atoms with Crippen molar-refractivity contribution in [1.29, 1.82) is 0 Å². The number of phenols is 1. The molecule has 2 aromatic rings. The molecule has 6 heteroatoms. The second-order valence-corrected chi connectivity index (χ2v) is 4.60. The fraction of sp³-hybridized carbons (Fsp3) is 0.200. The van der Waals surface area contributed by atoms with E-state index < -0.39 is 0 Å². The first-order valence-corrected chi connectivity index (χ1v) is 6.53. The van der Waals surface area contributed by atoms with Crippen molar-refractivity contribution >= 4 is 17.3 Å². The van der Waals surface area contributed by atoms with Crippen molar-refractivity contribution < 1.29 is 19.5 Å². The molecule has 0 radical (unpaired) electrons. The third-order valence-electron chi connectivity index (χ3n) is 2.98. The van der Waals surface area contributed by atoms with Crippen LogP contribution in [0.5, 0.6) is 11.5 Å². The zero-order chi connectivity index (χ0) is 15.4. The van der Waals surface area contributed by atoms with Gasteiger partial charge in [-0.2, -0.15) is 0 Å². The summed E-state index contributed by atoms with van der Waals surface area (Å²) in [5.74, 6) is 0.685. The molecule has 21 heavy (non-hydrogen) atoms. The molecule has 0 heterocycles. The van der Waals surface area contributed by atoms with E-state index in [9.17, 15) is 5.11 Å². The van der Waals surface area contributed by atoms with Gasteiger partial charge in [0.1, 0.15) is 11.5 Å². The largest absolute Gasteiger partial charge is 0.507 e. The lowest BCUT2D eigenvalue weighted by molar-refractivity contribution is -0.0433. The summed E-state index contributed by atoms with van der Waals surface area (Å²) in [6, 6.07) is 10.2. The Labute approximate surface area is 128 Å². The molecule has 0 aliphatic heterocycles. The summed E-state index contributed by atoms with van der Waals surface area (Å²) in [6.07, 6.45) is 0. The molecule has 0 amide bonds. The Morgan fingerprint density at radius 3 is 2.24 bits per heavy atom. The van der Waals surface area contributed by atoms with Crippen LogP contribution in [0.1, 0.15) is 0 Å². The molecule has 0 saturated heterocycles. The van der Waals surface area contributed by atoms with Crippen LogP contribution in [-0.4, -0.2) is 26.4 Å². The number of methoxy groups -OCH3 is 1. The van der Waals surface area contributed by atoms with E-state index in [4.69, 9.17) is 26.0 Å². The molecule has 5 nitrogen and oxygen atoms in total. The zero-order valence-corrected chi connectivity index (χ0v) is 12.7. The number of halogens is 1. The van der Waals surface area contributed by atoms with Crippen LogP contribution >= 0.6 is 11.6 Å². The maximum Gasteiger partial charge on any atom is 0.126 e. The fourth-order valence-electron chi connectivity index (χ4n) is 2.04. The van der Waals surface area contributed by atoms with Crippen LogP contribution in [0.3, 0.4) is 0 Å². The van der Waals surface area contributed by atoms with Crippen LogP contribution in [0.15, 0.2) is 36.4 Å². The first-order valence-electron chi connectivity index (χ1n) is 6.16. The summed E-state index contributed by atoms with van der Waals surface area (Å²) >= 11 is 6.02. The Bertz CT molecular complexity index is 629. The van der Waals surface area contributed by atoms with E-state index >= 15 is 0 Å². The summed E-state index contributed by atoms with van der Waals surface area (Å²) in [5.41, 5.74) is 1.86. The summed E-state index contributed by atoms with van der Waals surface area (Å²) in [5, 5.41) is 12.0. The number of benzene rings is 2. The zero-order valence-electron chi connectivity index (χ0n) is 12.0. The van der Waals surface area contributed by atoms with Gasteiger partial charge >= 0.3 is 0 Å². The molecule has 0 bridgehead atoms.